The van der Waals surface area contributed by atoms with E-state index in [1.807, 2.05) is 26.8 Å². The third-order valence-electron chi connectivity index (χ3n) is 2.64. The van der Waals surface area contributed by atoms with Gasteiger partial charge in [0.2, 0.25) is 0 Å². The van der Waals surface area contributed by atoms with Crippen LogP contribution in [0.25, 0.3) is 0 Å². The van der Waals surface area contributed by atoms with Gasteiger partial charge in [-0.05, 0) is 19.1 Å². The number of ketones is 1. The Hall–Kier alpha value is -1.97. The Bertz CT molecular complexity index is 485. The van der Waals surface area contributed by atoms with Crippen molar-refractivity contribution in [3.63, 3.8) is 0 Å². The number of hydrogen-bond donors (Lipinski definition) is 1. The minimum absolute atomic E-state index is 0.0997. The summed E-state index contributed by atoms with van der Waals surface area (Å²) in [6.45, 7) is 7.33. The van der Waals surface area contributed by atoms with E-state index < -0.39 is 0 Å². The smallest absolute Gasteiger partial charge is 0.271 e. The molecule has 1 aromatic carbocycles. The zero-order valence-electron chi connectivity index (χ0n) is 11.9. The lowest BCUT2D eigenvalue weighted by Gasteiger charge is -2.15. The standard InChI is InChI=1S/C15H20N2O2/c1-11(10-13(18)15(2,3)4)16-17-14(19)12-8-6-5-7-9-12/h5-9H,10H2,1-4H3,(H,17,19). The molecule has 1 rings (SSSR count). The van der Waals surface area contributed by atoms with Gasteiger partial charge in [-0.1, -0.05) is 39.0 Å². The third-order valence-corrected chi connectivity index (χ3v) is 2.64. The van der Waals surface area contributed by atoms with Gasteiger partial charge < -0.3 is 0 Å². The number of carbonyl (C=O) groups excluding carboxylic acids is 2. The van der Waals surface area contributed by atoms with E-state index in [1.54, 1.807) is 31.2 Å². The van der Waals surface area contributed by atoms with Gasteiger partial charge in [-0.3, -0.25) is 9.59 Å². The summed E-state index contributed by atoms with van der Waals surface area (Å²) in [6.07, 6.45) is 0.249. The van der Waals surface area contributed by atoms with Crippen LogP contribution in [-0.2, 0) is 4.79 Å². The van der Waals surface area contributed by atoms with Crippen LogP contribution in [0.3, 0.4) is 0 Å². The van der Waals surface area contributed by atoms with E-state index in [2.05, 4.69) is 10.5 Å². The number of nitrogens with one attached hydrogen (secondary N) is 1. The molecule has 0 saturated heterocycles. The third kappa shape index (κ3) is 5.04. The maximum atomic E-state index is 11.8. The van der Waals surface area contributed by atoms with Gasteiger partial charge in [0, 0.05) is 23.1 Å². The first-order chi connectivity index (χ1) is 8.80. The van der Waals surface area contributed by atoms with Crippen LogP contribution in [-0.4, -0.2) is 17.4 Å². The number of benzene rings is 1. The average Bonchev–Trinajstić information content (AvgIpc) is 2.35. The fourth-order valence-electron chi connectivity index (χ4n) is 1.34. The van der Waals surface area contributed by atoms with Gasteiger partial charge in [0.05, 0.1) is 0 Å². The lowest BCUT2D eigenvalue weighted by Crippen LogP contribution is -2.24. The van der Waals surface area contributed by atoms with Gasteiger partial charge in [0.1, 0.15) is 5.78 Å². The van der Waals surface area contributed by atoms with Crippen LogP contribution in [0.2, 0.25) is 0 Å². The van der Waals surface area contributed by atoms with Gasteiger partial charge in [0.25, 0.3) is 5.91 Å². The fraction of sp³-hybridized carbons (Fsp3) is 0.400. The second-order valence-corrected chi connectivity index (χ2v) is 5.50. The zero-order valence-corrected chi connectivity index (χ0v) is 11.9. The summed E-state index contributed by atoms with van der Waals surface area (Å²) in [5, 5.41) is 3.95. The molecule has 0 spiro atoms. The van der Waals surface area contributed by atoms with Crippen molar-refractivity contribution >= 4 is 17.4 Å². The first kappa shape index (κ1) is 15.1. The maximum Gasteiger partial charge on any atom is 0.271 e. The van der Waals surface area contributed by atoms with Crippen LogP contribution >= 0.6 is 0 Å². The van der Waals surface area contributed by atoms with E-state index in [4.69, 9.17) is 0 Å². The van der Waals surface area contributed by atoms with Gasteiger partial charge in [0.15, 0.2) is 0 Å². The van der Waals surface area contributed by atoms with E-state index in [0.29, 0.717) is 11.3 Å². The highest BCUT2D eigenvalue weighted by molar-refractivity contribution is 6.03. The molecule has 19 heavy (non-hydrogen) atoms. The SMILES string of the molecule is CC(CC(=O)C(C)(C)C)=NNC(=O)c1ccccc1. The monoisotopic (exact) mass is 260 g/mol. The average molecular weight is 260 g/mol. The van der Waals surface area contributed by atoms with E-state index >= 15 is 0 Å². The van der Waals surface area contributed by atoms with Crippen molar-refractivity contribution in [1.29, 1.82) is 0 Å². The molecule has 102 valence electrons. The molecule has 1 N–H and O–H groups in total. The van der Waals surface area contributed by atoms with E-state index in [0.717, 1.165) is 0 Å². The van der Waals surface area contributed by atoms with Crippen LogP contribution in [0.5, 0.6) is 0 Å². The summed E-state index contributed by atoms with van der Waals surface area (Å²) in [6, 6.07) is 8.83. The number of amides is 1. The summed E-state index contributed by atoms with van der Waals surface area (Å²) >= 11 is 0. The lowest BCUT2D eigenvalue weighted by atomic mass is 9.88. The highest BCUT2D eigenvalue weighted by Crippen LogP contribution is 2.16. The Balaban J connectivity index is 2.58. The molecule has 0 atom stereocenters. The summed E-state index contributed by atoms with van der Waals surface area (Å²) in [7, 11) is 0. The number of nitrogens with zero attached hydrogens (tertiary/aromatic N) is 1. The molecule has 0 aliphatic carbocycles. The Morgan fingerprint density at radius 3 is 2.26 bits per heavy atom. The van der Waals surface area contributed by atoms with Gasteiger partial charge in [-0.15, -0.1) is 0 Å². The van der Waals surface area contributed by atoms with Crippen LogP contribution in [0.1, 0.15) is 44.5 Å². The fourth-order valence-corrected chi connectivity index (χ4v) is 1.34. The molecule has 0 aliphatic rings. The summed E-state index contributed by atoms with van der Waals surface area (Å²) < 4.78 is 0. The van der Waals surface area contributed by atoms with Crippen LogP contribution in [0, 0.1) is 5.41 Å². The van der Waals surface area contributed by atoms with Crippen molar-refractivity contribution in [2.75, 3.05) is 0 Å². The summed E-state index contributed by atoms with van der Waals surface area (Å²) in [5.74, 6) is -0.175. The second-order valence-electron chi connectivity index (χ2n) is 5.50. The van der Waals surface area contributed by atoms with E-state index in [9.17, 15) is 9.59 Å². The molecule has 4 nitrogen and oxygen atoms in total. The van der Waals surface area contributed by atoms with Crippen molar-refractivity contribution in [2.45, 2.75) is 34.1 Å². The first-order valence-corrected chi connectivity index (χ1v) is 6.22. The first-order valence-electron chi connectivity index (χ1n) is 6.22. The van der Waals surface area contributed by atoms with Gasteiger partial charge >= 0.3 is 0 Å². The van der Waals surface area contributed by atoms with Crippen molar-refractivity contribution in [3.8, 4) is 0 Å². The predicted octanol–water partition coefficient (Wildman–Crippen LogP) is 2.80. The number of Topliss-reactive ketones (excluding diaryl/α,β-unsaturated/α-hetero) is 1. The Morgan fingerprint density at radius 2 is 1.74 bits per heavy atom. The molecule has 0 fully saturated rings. The molecule has 4 heteroatoms. The second kappa shape index (κ2) is 6.27. The Kier molecular flexibility index (Phi) is 4.98. The molecule has 0 bridgehead atoms. The molecule has 0 heterocycles. The minimum atomic E-state index is -0.389. The molecule has 0 aromatic heterocycles. The number of hydrazone groups is 1. The molecule has 0 saturated carbocycles. The highest BCUT2D eigenvalue weighted by Gasteiger charge is 2.21. The maximum absolute atomic E-state index is 11.8. The van der Waals surface area contributed by atoms with Crippen molar-refractivity contribution < 1.29 is 9.59 Å². The van der Waals surface area contributed by atoms with E-state index in [1.165, 1.54) is 0 Å². The molecule has 0 aliphatic heterocycles. The minimum Gasteiger partial charge on any atom is -0.299 e. The zero-order chi connectivity index (χ0) is 14.5. The number of carbonyl (C=O) groups is 2. The molecule has 0 unspecified atom stereocenters. The lowest BCUT2D eigenvalue weighted by molar-refractivity contribution is -0.125. The Labute approximate surface area is 113 Å². The van der Waals surface area contributed by atoms with Crippen molar-refractivity contribution in [1.82, 2.24) is 5.43 Å². The number of rotatable bonds is 4. The Morgan fingerprint density at radius 1 is 1.16 bits per heavy atom. The highest BCUT2D eigenvalue weighted by atomic mass is 16.2. The molecule has 1 amide bonds. The van der Waals surface area contributed by atoms with Crippen molar-refractivity contribution in [3.05, 3.63) is 35.9 Å². The number of hydrogen-bond acceptors (Lipinski definition) is 3. The predicted molar refractivity (Wildman–Crippen MR) is 76.1 cm³/mol. The largest absolute Gasteiger partial charge is 0.299 e. The summed E-state index contributed by atoms with van der Waals surface area (Å²) in [5.41, 5.74) is 3.21. The van der Waals surface area contributed by atoms with Crippen LogP contribution in [0.15, 0.2) is 35.4 Å². The van der Waals surface area contributed by atoms with Crippen LogP contribution < -0.4 is 5.43 Å². The van der Waals surface area contributed by atoms with Crippen LogP contribution in [0.4, 0.5) is 0 Å². The molecule has 1 aromatic rings. The van der Waals surface area contributed by atoms with Crippen molar-refractivity contribution in [2.24, 2.45) is 10.5 Å². The summed E-state index contributed by atoms with van der Waals surface area (Å²) in [4.78, 5) is 23.5. The quantitative estimate of drug-likeness (QED) is 0.668. The molecular weight excluding hydrogens is 240 g/mol. The topological polar surface area (TPSA) is 58.5 Å². The van der Waals surface area contributed by atoms with Gasteiger partial charge in [-0.2, -0.15) is 5.10 Å². The van der Waals surface area contributed by atoms with E-state index in [-0.39, 0.29) is 23.5 Å². The van der Waals surface area contributed by atoms with Gasteiger partial charge in [-0.25, -0.2) is 5.43 Å². The molecule has 0 radical (unpaired) electrons. The molecular formula is C15H20N2O2. The normalized spacial score (nSPS) is 12.1.